The Labute approximate surface area is 184 Å². The highest BCUT2D eigenvalue weighted by Crippen LogP contribution is 2.24. The largest absolute Gasteiger partial charge is 0.349 e. The van der Waals surface area contributed by atoms with Gasteiger partial charge in [-0.1, -0.05) is 60.5 Å². The molecule has 0 aromatic heterocycles. The van der Waals surface area contributed by atoms with Gasteiger partial charge in [-0.05, 0) is 49.4 Å². The van der Waals surface area contributed by atoms with Gasteiger partial charge in [-0.25, -0.2) is 12.7 Å². The van der Waals surface area contributed by atoms with Crippen molar-refractivity contribution in [1.82, 2.24) is 9.62 Å². The van der Waals surface area contributed by atoms with E-state index in [-0.39, 0.29) is 30.2 Å². The van der Waals surface area contributed by atoms with Gasteiger partial charge < -0.3 is 5.32 Å². The zero-order valence-electron chi connectivity index (χ0n) is 17.5. The lowest BCUT2D eigenvalue weighted by molar-refractivity contribution is -0.126. The van der Waals surface area contributed by atoms with E-state index in [4.69, 9.17) is 11.6 Å². The van der Waals surface area contributed by atoms with Crippen molar-refractivity contribution in [3.05, 3.63) is 70.2 Å². The quantitative estimate of drug-likeness (QED) is 0.680. The molecule has 1 amide bonds. The highest BCUT2D eigenvalue weighted by Gasteiger charge is 2.33. The number of rotatable bonds is 7. The highest BCUT2D eigenvalue weighted by atomic mass is 35.5. The maximum Gasteiger partial charge on any atom is 0.224 e. The van der Waals surface area contributed by atoms with Gasteiger partial charge in [0.05, 0.1) is 17.7 Å². The van der Waals surface area contributed by atoms with Crippen molar-refractivity contribution < 1.29 is 13.2 Å². The third-order valence-electron chi connectivity index (χ3n) is 5.62. The fourth-order valence-electron chi connectivity index (χ4n) is 3.80. The number of amides is 1. The monoisotopic (exact) mass is 448 g/mol. The van der Waals surface area contributed by atoms with Crippen LogP contribution in [0.2, 0.25) is 5.02 Å². The molecule has 0 radical (unpaired) electrons. The minimum atomic E-state index is -3.50. The Morgan fingerprint density at radius 3 is 2.47 bits per heavy atom. The second-order valence-electron chi connectivity index (χ2n) is 7.96. The first-order valence-corrected chi connectivity index (χ1v) is 12.4. The van der Waals surface area contributed by atoms with E-state index in [2.05, 4.69) is 5.32 Å². The van der Waals surface area contributed by atoms with E-state index in [1.165, 1.54) is 9.87 Å². The number of benzene rings is 2. The van der Waals surface area contributed by atoms with Gasteiger partial charge in [0.25, 0.3) is 0 Å². The van der Waals surface area contributed by atoms with Crippen molar-refractivity contribution >= 4 is 27.5 Å². The number of carbonyl (C=O) groups is 1. The van der Waals surface area contributed by atoms with Gasteiger partial charge in [0.1, 0.15) is 0 Å². The number of sulfonamides is 1. The molecular weight excluding hydrogens is 420 g/mol. The molecule has 1 aliphatic heterocycles. The molecule has 1 heterocycles. The summed E-state index contributed by atoms with van der Waals surface area (Å²) in [5, 5.41) is 3.70. The predicted molar refractivity (Wildman–Crippen MR) is 121 cm³/mol. The Hall–Kier alpha value is -1.89. The summed E-state index contributed by atoms with van der Waals surface area (Å²) < 4.78 is 27.3. The highest BCUT2D eigenvalue weighted by molar-refractivity contribution is 7.88. The lowest BCUT2D eigenvalue weighted by Crippen LogP contribution is -2.46. The second kappa shape index (κ2) is 9.94. The van der Waals surface area contributed by atoms with Gasteiger partial charge in [0.15, 0.2) is 0 Å². The van der Waals surface area contributed by atoms with Crippen LogP contribution in [0.1, 0.15) is 48.9 Å². The van der Waals surface area contributed by atoms with E-state index in [0.717, 1.165) is 12.0 Å². The van der Waals surface area contributed by atoms with Crippen molar-refractivity contribution in [2.75, 3.05) is 13.1 Å². The Bertz CT molecular complexity index is 959. The summed E-state index contributed by atoms with van der Waals surface area (Å²) in [5.74, 6) is -0.494. The zero-order chi connectivity index (χ0) is 21.7. The standard InChI is InChI=1S/C23H29ClN2O3S/c1-3-22(19-10-6-17(2)7-11-19)25-23(27)20-5-4-14-26(15-20)30(28,29)16-18-8-12-21(24)13-9-18/h6-13,20,22H,3-5,14-16H2,1-2H3,(H,25,27)/t20-,22+/m0/s1. The SMILES string of the molecule is CC[C@@H](NC(=O)[C@H]1CCCN(S(=O)(=O)Cc2ccc(Cl)cc2)C1)c1ccc(C)cc1. The van der Waals surface area contributed by atoms with Crippen molar-refractivity contribution in [1.29, 1.82) is 0 Å². The molecule has 0 aliphatic carbocycles. The Kier molecular flexibility index (Phi) is 7.55. The second-order valence-corrected chi connectivity index (χ2v) is 10.4. The third kappa shape index (κ3) is 5.84. The number of piperidine rings is 1. The molecule has 1 saturated heterocycles. The molecule has 0 unspecified atom stereocenters. The number of halogens is 1. The number of carbonyl (C=O) groups excluding carboxylic acids is 1. The minimum Gasteiger partial charge on any atom is -0.349 e. The normalized spacial score (nSPS) is 18.7. The average molecular weight is 449 g/mol. The van der Waals surface area contributed by atoms with Crippen LogP contribution in [0, 0.1) is 12.8 Å². The smallest absolute Gasteiger partial charge is 0.224 e. The molecule has 1 N–H and O–H groups in total. The Balaban J connectivity index is 1.64. The molecule has 0 saturated carbocycles. The summed E-state index contributed by atoms with van der Waals surface area (Å²) in [6.45, 7) is 4.75. The van der Waals surface area contributed by atoms with Crippen LogP contribution in [0.5, 0.6) is 0 Å². The number of hydrogen-bond donors (Lipinski definition) is 1. The molecule has 2 atom stereocenters. The van der Waals surface area contributed by atoms with Crippen molar-refractivity contribution in [2.24, 2.45) is 5.92 Å². The van der Waals surface area contributed by atoms with Gasteiger partial charge >= 0.3 is 0 Å². The molecule has 30 heavy (non-hydrogen) atoms. The van der Waals surface area contributed by atoms with Crippen molar-refractivity contribution in [3.8, 4) is 0 Å². The van der Waals surface area contributed by atoms with Gasteiger partial charge in [-0.2, -0.15) is 0 Å². The van der Waals surface area contributed by atoms with Crippen LogP contribution in [0.3, 0.4) is 0 Å². The molecule has 3 rings (SSSR count). The van der Waals surface area contributed by atoms with Crippen LogP contribution in [0.25, 0.3) is 0 Å². The maximum atomic E-state index is 12.9. The predicted octanol–water partition coefficient (Wildman–Crippen LogP) is 4.46. The average Bonchev–Trinajstić information content (AvgIpc) is 2.74. The molecule has 1 fully saturated rings. The number of hydrogen-bond acceptors (Lipinski definition) is 3. The molecule has 2 aromatic carbocycles. The summed E-state index contributed by atoms with van der Waals surface area (Å²) in [7, 11) is -3.50. The van der Waals surface area contributed by atoms with Gasteiger partial charge in [-0.15, -0.1) is 0 Å². The van der Waals surface area contributed by atoms with Gasteiger partial charge in [0.2, 0.25) is 15.9 Å². The summed E-state index contributed by atoms with van der Waals surface area (Å²) in [6.07, 6.45) is 2.16. The summed E-state index contributed by atoms with van der Waals surface area (Å²) in [4.78, 5) is 12.9. The van der Waals surface area contributed by atoms with E-state index in [1.54, 1.807) is 24.3 Å². The molecular formula is C23H29ClN2O3S. The lowest BCUT2D eigenvalue weighted by Gasteiger charge is -2.32. The topological polar surface area (TPSA) is 66.5 Å². The Morgan fingerprint density at radius 2 is 1.83 bits per heavy atom. The van der Waals surface area contributed by atoms with E-state index in [0.29, 0.717) is 30.0 Å². The van der Waals surface area contributed by atoms with Crippen molar-refractivity contribution in [3.63, 3.8) is 0 Å². The van der Waals surface area contributed by atoms with Crippen LogP contribution in [0.15, 0.2) is 48.5 Å². The van der Waals surface area contributed by atoms with Crippen LogP contribution < -0.4 is 5.32 Å². The maximum absolute atomic E-state index is 12.9. The number of nitrogens with one attached hydrogen (secondary N) is 1. The molecule has 1 aliphatic rings. The molecule has 2 aromatic rings. The van der Waals surface area contributed by atoms with Gasteiger partial charge in [-0.3, -0.25) is 4.79 Å². The minimum absolute atomic E-state index is 0.0702. The van der Waals surface area contributed by atoms with Crippen LogP contribution in [-0.2, 0) is 20.6 Å². The fraction of sp³-hybridized carbons (Fsp3) is 0.435. The first-order chi connectivity index (χ1) is 14.3. The van der Waals surface area contributed by atoms with Gasteiger partial charge in [0, 0.05) is 18.1 Å². The summed E-state index contributed by atoms with van der Waals surface area (Å²) in [5.41, 5.74) is 2.93. The van der Waals surface area contributed by atoms with Crippen LogP contribution >= 0.6 is 11.6 Å². The van der Waals surface area contributed by atoms with Crippen molar-refractivity contribution in [2.45, 2.75) is 44.9 Å². The first-order valence-electron chi connectivity index (χ1n) is 10.4. The molecule has 162 valence electrons. The van der Waals surface area contributed by atoms with E-state index >= 15 is 0 Å². The molecule has 0 spiro atoms. The zero-order valence-corrected chi connectivity index (χ0v) is 19.0. The van der Waals surface area contributed by atoms with E-state index in [9.17, 15) is 13.2 Å². The molecule has 5 nitrogen and oxygen atoms in total. The van der Waals surface area contributed by atoms with Crippen LogP contribution in [-0.4, -0.2) is 31.7 Å². The molecule has 7 heteroatoms. The fourth-order valence-corrected chi connectivity index (χ4v) is 5.54. The number of nitrogens with zero attached hydrogens (tertiary/aromatic N) is 1. The molecule has 0 bridgehead atoms. The van der Waals surface area contributed by atoms with Crippen LogP contribution in [0.4, 0.5) is 0 Å². The third-order valence-corrected chi connectivity index (χ3v) is 7.68. The Morgan fingerprint density at radius 1 is 1.17 bits per heavy atom. The lowest BCUT2D eigenvalue weighted by atomic mass is 9.97. The summed E-state index contributed by atoms with van der Waals surface area (Å²) in [6, 6.07) is 14.9. The van der Waals surface area contributed by atoms with E-state index in [1.807, 2.05) is 38.1 Å². The van der Waals surface area contributed by atoms with E-state index < -0.39 is 10.0 Å². The first kappa shape index (κ1) is 22.8. The summed E-state index contributed by atoms with van der Waals surface area (Å²) >= 11 is 5.89. The number of aryl methyl sites for hydroxylation is 1.